The molecule has 1 saturated carbocycles. The highest BCUT2D eigenvalue weighted by atomic mass is 16.2. The van der Waals surface area contributed by atoms with Crippen molar-refractivity contribution >= 4 is 34.2 Å². The lowest BCUT2D eigenvalue weighted by Gasteiger charge is -2.20. The summed E-state index contributed by atoms with van der Waals surface area (Å²) in [5.41, 5.74) is 2.65. The van der Waals surface area contributed by atoms with Crippen molar-refractivity contribution < 1.29 is 9.59 Å². The standard InChI is InChI=1S/C21H22N4O3/c26-19(13-5-2-1-3-6-13)22-15-8-4-7-14(11-15)20(27)23-16-9-10-17-18(12-16)25-21(28)24-17/h4,7-13H,1-3,5-6H2,(H,22,26)(H,23,27)(H2,24,25,28). The number of H-pyrrole nitrogens is 2. The average molecular weight is 378 g/mol. The van der Waals surface area contributed by atoms with Crippen LogP contribution in [0.15, 0.2) is 47.3 Å². The van der Waals surface area contributed by atoms with Crippen molar-refractivity contribution in [2.45, 2.75) is 32.1 Å². The van der Waals surface area contributed by atoms with Crippen molar-refractivity contribution in [1.29, 1.82) is 0 Å². The Morgan fingerprint density at radius 3 is 2.43 bits per heavy atom. The first-order chi connectivity index (χ1) is 13.6. The van der Waals surface area contributed by atoms with E-state index in [0.717, 1.165) is 25.7 Å². The molecular weight excluding hydrogens is 356 g/mol. The lowest BCUT2D eigenvalue weighted by atomic mass is 9.88. The average Bonchev–Trinajstić information content (AvgIpc) is 3.08. The van der Waals surface area contributed by atoms with Gasteiger partial charge in [-0.05, 0) is 49.2 Å². The van der Waals surface area contributed by atoms with Gasteiger partial charge < -0.3 is 20.6 Å². The number of benzene rings is 2. The van der Waals surface area contributed by atoms with E-state index in [0.29, 0.717) is 28.0 Å². The summed E-state index contributed by atoms with van der Waals surface area (Å²) in [4.78, 5) is 41.7. The van der Waals surface area contributed by atoms with Crippen molar-refractivity contribution in [3.8, 4) is 0 Å². The third-order valence-electron chi connectivity index (χ3n) is 5.14. The molecule has 1 aromatic heterocycles. The van der Waals surface area contributed by atoms with E-state index in [4.69, 9.17) is 0 Å². The molecule has 1 aliphatic rings. The van der Waals surface area contributed by atoms with E-state index in [2.05, 4.69) is 20.6 Å². The summed E-state index contributed by atoms with van der Waals surface area (Å²) in [7, 11) is 0. The van der Waals surface area contributed by atoms with Gasteiger partial charge in [0.15, 0.2) is 0 Å². The molecule has 0 unspecified atom stereocenters. The van der Waals surface area contributed by atoms with E-state index in [9.17, 15) is 14.4 Å². The number of aromatic amines is 2. The van der Waals surface area contributed by atoms with Gasteiger partial charge in [-0.2, -0.15) is 0 Å². The van der Waals surface area contributed by atoms with Crippen LogP contribution in [-0.2, 0) is 4.79 Å². The maximum Gasteiger partial charge on any atom is 0.323 e. The molecule has 1 fully saturated rings. The van der Waals surface area contributed by atoms with Crippen LogP contribution in [-0.4, -0.2) is 21.8 Å². The second-order valence-electron chi connectivity index (χ2n) is 7.20. The van der Waals surface area contributed by atoms with Gasteiger partial charge in [-0.1, -0.05) is 25.3 Å². The number of amides is 2. The molecule has 4 N–H and O–H groups in total. The molecule has 4 rings (SSSR count). The zero-order valence-corrected chi connectivity index (χ0v) is 15.4. The molecule has 144 valence electrons. The predicted molar refractivity (Wildman–Crippen MR) is 109 cm³/mol. The minimum Gasteiger partial charge on any atom is -0.326 e. The molecule has 2 amide bonds. The highest BCUT2D eigenvalue weighted by Gasteiger charge is 2.21. The first-order valence-electron chi connectivity index (χ1n) is 9.53. The number of carbonyl (C=O) groups excluding carboxylic acids is 2. The van der Waals surface area contributed by atoms with Crippen molar-refractivity contribution in [1.82, 2.24) is 9.97 Å². The third-order valence-corrected chi connectivity index (χ3v) is 5.14. The zero-order valence-electron chi connectivity index (χ0n) is 15.4. The van der Waals surface area contributed by atoms with Crippen LogP contribution in [0.5, 0.6) is 0 Å². The molecule has 0 saturated heterocycles. The molecule has 1 heterocycles. The fraction of sp³-hybridized carbons (Fsp3) is 0.286. The Morgan fingerprint density at radius 2 is 1.61 bits per heavy atom. The van der Waals surface area contributed by atoms with Gasteiger partial charge in [0.2, 0.25) is 5.91 Å². The fourth-order valence-corrected chi connectivity index (χ4v) is 3.66. The topological polar surface area (TPSA) is 107 Å². The lowest BCUT2D eigenvalue weighted by Crippen LogP contribution is -2.24. The summed E-state index contributed by atoms with van der Waals surface area (Å²) in [6.45, 7) is 0. The molecule has 0 atom stereocenters. The first-order valence-corrected chi connectivity index (χ1v) is 9.53. The maximum atomic E-state index is 12.6. The van der Waals surface area contributed by atoms with E-state index in [1.54, 1.807) is 42.5 Å². The highest BCUT2D eigenvalue weighted by molar-refractivity contribution is 6.06. The molecule has 28 heavy (non-hydrogen) atoms. The second kappa shape index (κ2) is 7.72. The number of hydrogen-bond donors (Lipinski definition) is 4. The molecule has 0 spiro atoms. The van der Waals surface area contributed by atoms with Crippen molar-refractivity contribution in [2.75, 3.05) is 10.6 Å². The van der Waals surface area contributed by atoms with Crippen LogP contribution in [0.25, 0.3) is 11.0 Å². The van der Waals surface area contributed by atoms with Crippen LogP contribution in [0.2, 0.25) is 0 Å². The van der Waals surface area contributed by atoms with E-state index in [1.165, 1.54) is 6.42 Å². The summed E-state index contributed by atoms with van der Waals surface area (Å²) in [6, 6.07) is 12.0. The zero-order chi connectivity index (χ0) is 19.5. The van der Waals surface area contributed by atoms with Crippen LogP contribution < -0.4 is 16.3 Å². The second-order valence-corrected chi connectivity index (χ2v) is 7.20. The van der Waals surface area contributed by atoms with Gasteiger partial charge in [-0.25, -0.2) is 4.79 Å². The number of anilines is 2. The summed E-state index contributed by atoms with van der Waals surface area (Å²) in [5.74, 6) is -0.202. The van der Waals surface area contributed by atoms with E-state index in [-0.39, 0.29) is 23.4 Å². The Bertz CT molecular complexity index is 1080. The number of hydrogen-bond acceptors (Lipinski definition) is 3. The van der Waals surface area contributed by atoms with Gasteiger partial charge in [0.05, 0.1) is 11.0 Å². The van der Waals surface area contributed by atoms with Crippen LogP contribution in [0, 0.1) is 5.92 Å². The molecule has 3 aromatic rings. The van der Waals surface area contributed by atoms with Gasteiger partial charge in [0.1, 0.15) is 0 Å². The summed E-state index contributed by atoms with van der Waals surface area (Å²) in [5, 5.41) is 5.75. The SMILES string of the molecule is O=C(Nc1ccc2[nH]c(=O)[nH]c2c1)c1cccc(NC(=O)C2CCCCC2)c1. The Labute approximate surface area is 161 Å². The van der Waals surface area contributed by atoms with Crippen LogP contribution >= 0.6 is 0 Å². The fourth-order valence-electron chi connectivity index (χ4n) is 3.66. The predicted octanol–water partition coefficient (Wildman–Crippen LogP) is 3.63. The molecular formula is C21H22N4O3. The van der Waals surface area contributed by atoms with E-state index >= 15 is 0 Å². The van der Waals surface area contributed by atoms with Crippen molar-refractivity contribution in [2.24, 2.45) is 5.92 Å². The number of imidazole rings is 1. The quantitative estimate of drug-likeness (QED) is 0.557. The summed E-state index contributed by atoms with van der Waals surface area (Å²) < 4.78 is 0. The summed E-state index contributed by atoms with van der Waals surface area (Å²) in [6.07, 6.45) is 5.24. The number of aromatic nitrogens is 2. The van der Waals surface area contributed by atoms with Crippen LogP contribution in [0.3, 0.4) is 0 Å². The third kappa shape index (κ3) is 3.98. The van der Waals surface area contributed by atoms with Gasteiger partial charge in [0.25, 0.3) is 5.91 Å². The minimum atomic E-state index is -0.292. The van der Waals surface area contributed by atoms with Gasteiger partial charge in [0, 0.05) is 22.9 Å². The smallest absolute Gasteiger partial charge is 0.323 e. The normalized spacial score (nSPS) is 14.7. The number of fused-ring (bicyclic) bond motifs is 1. The largest absolute Gasteiger partial charge is 0.326 e. The van der Waals surface area contributed by atoms with Gasteiger partial charge in [-0.3, -0.25) is 9.59 Å². The molecule has 1 aliphatic carbocycles. The summed E-state index contributed by atoms with van der Waals surface area (Å²) >= 11 is 0. The minimum absolute atomic E-state index is 0.0270. The van der Waals surface area contributed by atoms with E-state index in [1.807, 2.05) is 0 Å². The maximum absolute atomic E-state index is 12.6. The monoisotopic (exact) mass is 378 g/mol. The van der Waals surface area contributed by atoms with Gasteiger partial charge in [-0.15, -0.1) is 0 Å². The van der Waals surface area contributed by atoms with Crippen molar-refractivity contribution in [3.63, 3.8) is 0 Å². The van der Waals surface area contributed by atoms with Crippen LogP contribution in [0.4, 0.5) is 11.4 Å². The first kappa shape index (κ1) is 18.0. The molecule has 2 aromatic carbocycles. The lowest BCUT2D eigenvalue weighted by molar-refractivity contribution is -0.120. The Hall–Kier alpha value is -3.35. The highest BCUT2D eigenvalue weighted by Crippen LogP contribution is 2.25. The number of carbonyl (C=O) groups is 2. The Balaban J connectivity index is 1.45. The molecule has 0 aliphatic heterocycles. The molecule has 7 nitrogen and oxygen atoms in total. The van der Waals surface area contributed by atoms with Crippen molar-refractivity contribution in [3.05, 3.63) is 58.5 Å². The Kier molecular flexibility index (Phi) is 4.97. The molecule has 0 bridgehead atoms. The number of rotatable bonds is 4. The molecule has 7 heteroatoms. The Morgan fingerprint density at radius 1 is 0.857 bits per heavy atom. The molecule has 0 radical (unpaired) electrons. The number of nitrogens with one attached hydrogen (secondary N) is 4. The van der Waals surface area contributed by atoms with Gasteiger partial charge >= 0.3 is 5.69 Å². The van der Waals surface area contributed by atoms with Crippen LogP contribution in [0.1, 0.15) is 42.5 Å². The van der Waals surface area contributed by atoms with E-state index < -0.39 is 0 Å².